The summed E-state index contributed by atoms with van der Waals surface area (Å²) in [5, 5.41) is 0. The standard InChI is InChI=1S/C14H14BrFN2O2/c1-2-7-19-14-11(17)4-6-13(18-14)20-12-5-3-9(16)8-10(12)15/h3-6,8H,2,7,17H2,1H3. The van der Waals surface area contributed by atoms with E-state index in [1.54, 1.807) is 12.1 Å². The monoisotopic (exact) mass is 340 g/mol. The summed E-state index contributed by atoms with van der Waals surface area (Å²) in [7, 11) is 0. The maximum atomic E-state index is 13.0. The van der Waals surface area contributed by atoms with Crippen molar-refractivity contribution in [3.05, 3.63) is 40.6 Å². The molecule has 1 aromatic carbocycles. The number of ether oxygens (including phenoxy) is 2. The van der Waals surface area contributed by atoms with Gasteiger partial charge in [-0.3, -0.25) is 0 Å². The Balaban J connectivity index is 2.20. The summed E-state index contributed by atoms with van der Waals surface area (Å²) in [6.45, 7) is 2.52. The van der Waals surface area contributed by atoms with Gasteiger partial charge in [0.05, 0.1) is 16.8 Å². The van der Waals surface area contributed by atoms with Gasteiger partial charge in [0.25, 0.3) is 0 Å². The van der Waals surface area contributed by atoms with E-state index in [2.05, 4.69) is 20.9 Å². The van der Waals surface area contributed by atoms with Gasteiger partial charge in [-0.15, -0.1) is 0 Å². The Hall–Kier alpha value is -1.82. The van der Waals surface area contributed by atoms with E-state index in [-0.39, 0.29) is 5.82 Å². The summed E-state index contributed by atoms with van der Waals surface area (Å²) in [5.74, 6) is 0.784. The number of anilines is 1. The number of nitrogens with zero attached hydrogens (tertiary/aromatic N) is 1. The Bertz CT molecular complexity index is 608. The number of benzene rings is 1. The van der Waals surface area contributed by atoms with Crippen LogP contribution in [0.2, 0.25) is 0 Å². The van der Waals surface area contributed by atoms with Gasteiger partial charge >= 0.3 is 0 Å². The zero-order chi connectivity index (χ0) is 14.5. The highest BCUT2D eigenvalue weighted by molar-refractivity contribution is 9.10. The van der Waals surface area contributed by atoms with E-state index in [4.69, 9.17) is 15.2 Å². The van der Waals surface area contributed by atoms with Crippen LogP contribution in [-0.4, -0.2) is 11.6 Å². The second kappa shape index (κ2) is 6.56. The number of rotatable bonds is 5. The summed E-state index contributed by atoms with van der Waals surface area (Å²) in [5.41, 5.74) is 6.22. The molecule has 2 aromatic rings. The van der Waals surface area contributed by atoms with E-state index in [0.29, 0.717) is 34.3 Å². The molecule has 6 heteroatoms. The molecule has 20 heavy (non-hydrogen) atoms. The van der Waals surface area contributed by atoms with Crippen LogP contribution in [0.4, 0.5) is 10.1 Å². The molecule has 2 N–H and O–H groups in total. The summed E-state index contributed by atoms with van der Waals surface area (Å²) in [6.07, 6.45) is 0.857. The molecule has 2 rings (SSSR count). The quantitative estimate of drug-likeness (QED) is 0.888. The van der Waals surface area contributed by atoms with Crippen molar-refractivity contribution in [3.63, 3.8) is 0 Å². The predicted octanol–water partition coefficient (Wildman–Crippen LogP) is 4.15. The molecule has 0 spiro atoms. The number of nitrogen functional groups attached to an aromatic ring is 1. The molecule has 0 bridgehead atoms. The van der Waals surface area contributed by atoms with Gasteiger partial charge in [-0.25, -0.2) is 4.39 Å². The van der Waals surface area contributed by atoms with Gasteiger partial charge in [-0.1, -0.05) is 6.92 Å². The van der Waals surface area contributed by atoms with Crippen LogP contribution < -0.4 is 15.2 Å². The van der Waals surface area contributed by atoms with Gasteiger partial charge in [0, 0.05) is 6.07 Å². The van der Waals surface area contributed by atoms with Crippen LogP contribution in [-0.2, 0) is 0 Å². The van der Waals surface area contributed by atoms with E-state index in [9.17, 15) is 4.39 Å². The van der Waals surface area contributed by atoms with E-state index < -0.39 is 0 Å². The number of hydrogen-bond donors (Lipinski definition) is 1. The highest BCUT2D eigenvalue weighted by Crippen LogP contribution is 2.31. The normalized spacial score (nSPS) is 10.3. The predicted molar refractivity (Wildman–Crippen MR) is 78.6 cm³/mol. The molecule has 0 amide bonds. The third-order valence-electron chi connectivity index (χ3n) is 2.42. The highest BCUT2D eigenvalue weighted by atomic mass is 79.9. The largest absolute Gasteiger partial charge is 0.476 e. The Morgan fingerprint density at radius 3 is 2.80 bits per heavy atom. The fraction of sp³-hybridized carbons (Fsp3) is 0.214. The number of hydrogen-bond acceptors (Lipinski definition) is 4. The minimum atomic E-state index is -0.346. The Morgan fingerprint density at radius 1 is 1.30 bits per heavy atom. The molecule has 0 unspecified atom stereocenters. The maximum absolute atomic E-state index is 13.0. The van der Waals surface area contributed by atoms with E-state index in [0.717, 1.165) is 6.42 Å². The lowest BCUT2D eigenvalue weighted by molar-refractivity contribution is 0.302. The number of nitrogens with two attached hydrogens (primary N) is 1. The third kappa shape index (κ3) is 3.60. The highest BCUT2D eigenvalue weighted by Gasteiger charge is 2.08. The lowest BCUT2D eigenvalue weighted by Gasteiger charge is -2.10. The molecule has 0 fully saturated rings. The van der Waals surface area contributed by atoms with Gasteiger partial charge in [-0.2, -0.15) is 4.98 Å². The molecule has 106 valence electrons. The lowest BCUT2D eigenvalue weighted by Crippen LogP contribution is -2.02. The van der Waals surface area contributed by atoms with Crippen molar-refractivity contribution in [1.82, 2.24) is 4.98 Å². The first-order chi connectivity index (χ1) is 9.60. The van der Waals surface area contributed by atoms with Crippen LogP contribution in [0.25, 0.3) is 0 Å². The minimum absolute atomic E-state index is 0.331. The first kappa shape index (κ1) is 14.6. The topological polar surface area (TPSA) is 57.4 Å². The second-order valence-corrected chi connectivity index (χ2v) is 4.92. The second-order valence-electron chi connectivity index (χ2n) is 4.07. The minimum Gasteiger partial charge on any atom is -0.476 e. The van der Waals surface area contributed by atoms with E-state index in [1.165, 1.54) is 18.2 Å². The van der Waals surface area contributed by atoms with Gasteiger partial charge in [0.2, 0.25) is 11.8 Å². The zero-order valence-electron chi connectivity index (χ0n) is 10.9. The summed E-state index contributed by atoms with van der Waals surface area (Å²) in [4.78, 5) is 4.18. The molecule has 0 atom stereocenters. The molecule has 0 saturated heterocycles. The maximum Gasteiger partial charge on any atom is 0.240 e. The van der Waals surface area contributed by atoms with Crippen molar-refractivity contribution in [1.29, 1.82) is 0 Å². The third-order valence-corrected chi connectivity index (χ3v) is 3.04. The van der Waals surface area contributed by atoms with E-state index in [1.807, 2.05) is 6.92 Å². The molecule has 1 aromatic heterocycles. The average Bonchev–Trinajstić information content (AvgIpc) is 2.42. The van der Waals surface area contributed by atoms with Gasteiger partial charge in [-0.05, 0) is 46.6 Å². The lowest BCUT2D eigenvalue weighted by atomic mass is 10.3. The smallest absolute Gasteiger partial charge is 0.240 e. The molecule has 1 heterocycles. The molecular formula is C14H14BrFN2O2. The Kier molecular flexibility index (Phi) is 4.79. The van der Waals surface area contributed by atoms with Crippen LogP contribution in [0, 0.1) is 5.82 Å². The molecule has 0 aliphatic heterocycles. The first-order valence-corrected chi connectivity index (χ1v) is 6.91. The van der Waals surface area contributed by atoms with Gasteiger partial charge in [0.15, 0.2) is 0 Å². The van der Waals surface area contributed by atoms with Crippen molar-refractivity contribution < 1.29 is 13.9 Å². The molecular weight excluding hydrogens is 327 g/mol. The molecule has 0 saturated carbocycles. The van der Waals surface area contributed by atoms with Crippen molar-refractivity contribution in [3.8, 4) is 17.5 Å². The number of pyridine rings is 1. The van der Waals surface area contributed by atoms with Gasteiger partial charge < -0.3 is 15.2 Å². The Morgan fingerprint density at radius 2 is 2.10 bits per heavy atom. The number of halogens is 2. The molecule has 0 aliphatic rings. The van der Waals surface area contributed by atoms with Crippen LogP contribution in [0.5, 0.6) is 17.5 Å². The van der Waals surface area contributed by atoms with E-state index >= 15 is 0 Å². The van der Waals surface area contributed by atoms with Crippen LogP contribution in [0.15, 0.2) is 34.8 Å². The zero-order valence-corrected chi connectivity index (χ0v) is 12.5. The molecule has 0 aliphatic carbocycles. The van der Waals surface area contributed by atoms with Crippen molar-refractivity contribution in [2.24, 2.45) is 0 Å². The summed E-state index contributed by atoms with van der Waals surface area (Å²) < 4.78 is 24.5. The molecule has 0 radical (unpaired) electrons. The van der Waals surface area contributed by atoms with Crippen molar-refractivity contribution in [2.75, 3.05) is 12.3 Å². The average molecular weight is 341 g/mol. The fourth-order valence-corrected chi connectivity index (χ4v) is 1.91. The Labute approximate surface area is 124 Å². The first-order valence-electron chi connectivity index (χ1n) is 6.12. The summed E-state index contributed by atoms with van der Waals surface area (Å²) in [6, 6.07) is 7.44. The SMILES string of the molecule is CCCOc1nc(Oc2ccc(F)cc2Br)ccc1N. The van der Waals surface area contributed by atoms with Gasteiger partial charge in [0.1, 0.15) is 11.6 Å². The van der Waals surface area contributed by atoms with Crippen LogP contribution in [0.3, 0.4) is 0 Å². The van der Waals surface area contributed by atoms with Crippen LogP contribution in [0.1, 0.15) is 13.3 Å². The summed E-state index contributed by atoms with van der Waals surface area (Å²) >= 11 is 3.23. The van der Waals surface area contributed by atoms with Crippen molar-refractivity contribution in [2.45, 2.75) is 13.3 Å². The number of aromatic nitrogens is 1. The van der Waals surface area contributed by atoms with Crippen LogP contribution >= 0.6 is 15.9 Å². The molecule has 4 nitrogen and oxygen atoms in total. The van der Waals surface area contributed by atoms with Crippen molar-refractivity contribution >= 4 is 21.6 Å². The fourth-order valence-electron chi connectivity index (χ4n) is 1.48.